The number of hydrogen-bond donors (Lipinski definition) is 2. The van der Waals surface area contributed by atoms with Crippen LogP contribution in [0.2, 0.25) is 0 Å². The average molecular weight is 305 g/mol. The highest BCUT2D eigenvalue weighted by atomic mass is 16.5. The maximum atomic E-state index is 12.3. The summed E-state index contributed by atoms with van der Waals surface area (Å²) in [5, 5.41) is 2.98. The average Bonchev–Trinajstić information content (AvgIpc) is 3.32. The number of carbonyl (C=O) groups is 1. The lowest BCUT2D eigenvalue weighted by atomic mass is 10.1. The van der Waals surface area contributed by atoms with Gasteiger partial charge in [0.2, 0.25) is 5.56 Å². The van der Waals surface area contributed by atoms with Gasteiger partial charge in [0.15, 0.2) is 0 Å². The molecule has 22 heavy (non-hydrogen) atoms. The zero-order chi connectivity index (χ0) is 15.5. The molecule has 1 aliphatic heterocycles. The zero-order valence-corrected chi connectivity index (χ0v) is 12.9. The second kappa shape index (κ2) is 6.62. The van der Waals surface area contributed by atoms with Crippen molar-refractivity contribution in [1.82, 2.24) is 15.2 Å². The minimum Gasteiger partial charge on any atom is -0.379 e. The van der Waals surface area contributed by atoms with Gasteiger partial charge in [-0.3, -0.25) is 14.5 Å². The van der Waals surface area contributed by atoms with Gasteiger partial charge in [-0.2, -0.15) is 0 Å². The van der Waals surface area contributed by atoms with E-state index in [0.717, 1.165) is 51.4 Å². The number of ether oxygens (including phenoxy) is 1. The van der Waals surface area contributed by atoms with Crippen LogP contribution in [0.15, 0.2) is 16.9 Å². The lowest BCUT2D eigenvalue weighted by Gasteiger charge is -2.29. The Morgan fingerprint density at radius 3 is 2.82 bits per heavy atom. The van der Waals surface area contributed by atoms with Gasteiger partial charge in [-0.25, -0.2) is 0 Å². The van der Waals surface area contributed by atoms with E-state index in [1.807, 2.05) is 13.0 Å². The van der Waals surface area contributed by atoms with Crippen LogP contribution in [0.25, 0.3) is 0 Å². The molecule has 3 rings (SSSR count). The number of rotatable bonds is 5. The Balaban J connectivity index is 1.59. The van der Waals surface area contributed by atoms with Gasteiger partial charge in [0.1, 0.15) is 0 Å². The number of morpholine rings is 1. The number of pyridine rings is 1. The van der Waals surface area contributed by atoms with Crippen LogP contribution in [-0.4, -0.2) is 54.7 Å². The fourth-order valence-electron chi connectivity index (χ4n) is 2.83. The lowest BCUT2D eigenvalue weighted by Crippen LogP contribution is -2.46. The molecule has 1 aromatic rings. The first-order valence-electron chi connectivity index (χ1n) is 7.97. The van der Waals surface area contributed by atoms with Crippen molar-refractivity contribution in [3.05, 3.63) is 33.7 Å². The molecule has 0 aromatic carbocycles. The van der Waals surface area contributed by atoms with Crippen LogP contribution >= 0.6 is 0 Å². The molecule has 0 spiro atoms. The minimum absolute atomic E-state index is 0.0364. The van der Waals surface area contributed by atoms with Crippen LogP contribution in [0.1, 0.15) is 41.7 Å². The molecule has 120 valence electrons. The van der Waals surface area contributed by atoms with E-state index in [0.29, 0.717) is 11.5 Å². The summed E-state index contributed by atoms with van der Waals surface area (Å²) in [6.45, 7) is 6.09. The van der Waals surface area contributed by atoms with E-state index in [9.17, 15) is 9.59 Å². The third-order valence-corrected chi connectivity index (χ3v) is 4.16. The van der Waals surface area contributed by atoms with Crippen molar-refractivity contribution in [2.75, 3.05) is 32.8 Å². The van der Waals surface area contributed by atoms with Crippen molar-refractivity contribution in [2.45, 2.75) is 31.7 Å². The van der Waals surface area contributed by atoms with Crippen LogP contribution < -0.4 is 10.9 Å². The van der Waals surface area contributed by atoms with E-state index in [-0.39, 0.29) is 17.5 Å². The Kier molecular flexibility index (Phi) is 4.59. The number of nitrogens with one attached hydrogen (secondary N) is 2. The van der Waals surface area contributed by atoms with Gasteiger partial charge in [-0.1, -0.05) is 0 Å². The molecule has 1 unspecified atom stereocenters. The standard InChI is InChI=1S/C16H23N3O3/c1-11(10-19-4-6-22-7-5-19)17-16(21)13-8-14(12-2-3-12)18-15(20)9-13/h8-9,11-12H,2-7,10H2,1H3,(H,17,21)(H,18,20). The highest BCUT2D eigenvalue weighted by Gasteiger charge is 2.25. The second-order valence-corrected chi connectivity index (χ2v) is 6.25. The van der Waals surface area contributed by atoms with Crippen molar-refractivity contribution < 1.29 is 9.53 Å². The van der Waals surface area contributed by atoms with Gasteiger partial charge in [-0.15, -0.1) is 0 Å². The fourth-order valence-corrected chi connectivity index (χ4v) is 2.83. The van der Waals surface area contributed by atoms with Gasteiger partial charge in [0.05, 0.1) is 13.2 Å². The van der Waals surface area contributed by atoms with E-state index >= 15 is 0 Å². The van der Waals surface area contributed by atoms with Crippen LogP contribution in [0, 0.1) is 0 Å². The molecular weight excluding hydrogens is 282 g/mol. The Hall–Kier alpha value is -1.66. The van der Waals surface area contributed by atoms with E-state index in [2.05, 4.69) is 15.2 Å². The Labute approximate surface area is 129 Å². The van der Waals surface area contributed by atoms with Crippen LogP contribution in [0.4, 0.5) is 0 Å². The molecule has 2 heterocycles. The Morgan fingerprint density at radius 1 is 1.41 bits per heavy atom. The summed E-state index contributed by atoms with van der Waals surface area (Å²) in [4.78, 5) is 29.1. The summed E-state index contributed by atoms with van der Waals surface area (Å²) in [6.07, 6.45) is 2.18. The summed E-state index contributed by atoms with van der Waals surface area (Å²) in [5.74, 6) is 0.250. The quantitative estimate of drug-likeness (QED) is 0.840. The van der Waals surface area contributed by atoms with E-state index < -0.39 is 0 Å². The van der Waals surface area contributed by atoms with Crippen molar-refractivity contribution in [3.8, 4) is 0 Å². The molecule has 6 nitrogen and oxygen atoms in total. The smallest absolute Gasteiger partial charge is 0.251 e. The van der Waals surface area contributed by atoms with Gasteiger partial charge in [0.25, 0.3) is 5.91 Å². The first-order valence-corrected chi connectivity index (χ1v) is 7.97. The molecule has 6 heteroatoms. The maximum Gasteiger partial charge on any atom is 0.251 e. The molecule has 1 saturated heterocycles. The minimum atomic E-state index is -0.199. The van der Waals surface area contributed by atoms with Crippen molar-refractivity contribution in [2.24, 2.45) is 0 Å². The van der Waals surface area contributed by atoms with Crippen molar-refractivity contribution in [3.63, 3.8) is 0 Å². The molecule has 1 amide bonds. The monoisotopic (exact) mass is 305 g/mol. The summed E-state index contributed by atoms with van der Waals surface area (Å²) >= 11 is 0. The highest BCUT2D eigenvalue weighted by Crippen LogP contribution is 2.38. The van der Waals surface area contributed by atoms with Gasteiger partial charge in [0, 0.05) is 43.0 Å². The summed E-state index contributed by atoms with van der Waals surface area (Å²) < 4.78 is 5.32. The third kappa shape index (κ3) is 3.96. The lowest BCUT2D eigenvalue weighted by molar-refractivity contribution is 0.0342. The second-order valence-electron chi connectivity index (χ2n) is 6.25. The maximum absolute atomic E-state index is 12.3. The molecule has 1 saturated carbocycles. The van der Waals surface area contributed by atoms with Crippen LogP contribution in [-0.2, 0) is 4.74 Å². The number of aromatic amines is 1. The van der Waals surface area contributed by atoms with E-state index in [4.69, 9.17) is 4.74 Å². The van der Waals surface area contributed by atoms with Gasteiger partial charge in [-0.05, 0) is 31.7 Å². The number of H-pyrrole nitrogens is 1. The topological polar surface area (TPSA) is 74.4 Å². The van der Waals surface area contributed by atoms with E-state index in [1.54, 1.807) is 0 Å². The van der Waals surface area contributed by atoms with Gasteiger partial charge >= 0.3 is 0 Å². The first-order chi connectivity index (χ1) is 10.6. The first kappa shape index (κ1) is 15.2. The molecule has 2 aliphatic rings. The van der Waals surface area contributed by atoms with Gasteiger partial charge < -0.3 is 15.0 Å². The number of carbonyl (C=O) groups excluding carboxylic acids is 1. The Bertz CT molecular complexity index is 589. The molecule has 0 radical (unpaired) electrons. The normalized spacial score (nSPS) is 20.6. The van der Waals surface area contributed by atoms with Crippen LogP contribution in [0.5, 0.6) is 0 Å². The summed E-state index contributed by atoms with van der Waals surface area (Å²) in [6, 6.07) is 3.23. The molecule has 2 N–H and O–H groups in total. The molecule has 1 aliphatic carbocycles. The molecule has 2 fully saturated rings. The van der Waals surface area contributed by atoms with Crippen molar-refractivity contribution >= 4 is 5.91 Å². The van der Waals surface area contributed by atoms with Crippen LogP contribution in [0.3, 0.4) is 0 Å². The highest BCUT2D eigenvalue weighted by molar-refractivity contribution is 5.94. The molecule has 1 atom stereocenters. The predicted octanol–water partition coefficient (Wildman–Crippen LogP) is 0.703. The number of aromatic nitrogens is 1. The number of hydrogen-bond acceptors (Lipinski definition) is 4. The third-order valence-electron chi connectivity index (χ3n) is 4.16. The summed E-state index contributed by atoms with van der Waals surface area (Å²) in [7, 11) is 0. The van der Waals surface area contributed by atoms with Crippen molar-refractivity contribution in [1.29, 1.82) is 0 Å². The molecule has 0 bridgehead atoms. The predicted molar refractivity (Wildman–Crippen MR) is 83.2 cm³/mol. The number of nitrogens with zero attached hydrogens (tertiary/aromatic N) is 1. The SMILES string of the molecule is CC(CN1CCOCC1)NC(=O)c1cc(C2CC2)[nH]c(=O)c1. The zero-order valence-electron chi connectivity index (χ0n) is 12.9. The Morgan fingerprint density at radius 2 is 2.14 bits per heavy atom. The summed E-state index contributed by atoms with van der Waals surface area (Å²) in [5.41, 5.74) is 1.15. The number of amides is 1. The molecular formula is C16H23N3O3. The molecule has 1 aromatic heterocycles. The fraction of sp³-hybridized carbons (Fsp3) is 0.625. The van der Waals surface area contributed by atoms with E-state index in [1.165, 1.54) is 6.07 Å². The largest absolute Gasteiger partial charge is 0.379 e.